The first-order valence-corrected chi connectivity index (χ1v) is 13.9. The Kier molecular flexibility index (Phi) is 6.62. The van der Waals surface area contributed by atoms with Gasteiger partial charge in [-0.2, -0.15) is 0 Å². The molecule has 0 spiro atoms. The summed E-state index contributed by atoms with van der Waals surface area (Å²) in [7, 11) is 2.67. The van der Waals surface area contributed by atoms with Crippen molar-refractivity contribution in [1.29, 1.82) is 0 Å². The highest BCUT2D eigenvalue weighted by molar-refractivity contribution is 7.73. The minimum absolute atomic E-state index is 0.00546. The Morgan fingerprint density at radius 1 is 0.697 bits per heavy atom. The van der Waals surface area contributed by atoms with E-state index in [-0.39, 0.29) is 19.5 Å². The minimum atomic E-state index is -0.172. The lowest BCUT2D eigenvalue weighted by Crippen LogP contribution is -2.29. The third-order valence-electron chi connectivity index (χ3n) is 5.98. The summed E-state index contributed by atoms with van der Waals surface area (Å²) in [5, 5.41) is 2.96. The van der Waals surface area contributed by atoms with E-state index in [0.29, 0.717) is 17.1 Å². The van der Waals surface area contributed by atoms with Crippen molar-refractivity contribution in [2.75, 3.05) is 51.6 Å². The molecule has 3 saturated heterocycles. The van der Waals surface area contributed by atoms with Gasteiger partial charge in [0.2, 0.25) is 11.6 Å². The Labute approximate surface area is 199 Å². The standard InChI is InChI=1S/C14H16P2.C12H13N3O2/c15-11-12-16(13-7-3-1-4-8-13)14-9-5-2-6-10-14;16-9-7-8(13-1-2-13)12(17)11(15-5-6-15)10(9)14-3-4-14/h1-10H,11-12,15H2;7H,1-6H2. The molecule has 0 saturated carbocycles. The van der Waals surface area contributed by atoms with Gasteiger partial charge in [-0.25, -0.2) is 0 Å². The Morgan fingerprint density at radius 3 is 1.64 bits per heavy atom. The second-order valence-electron chi connectivity index (χ2n) is 8.49. The highest BCUT2D eigenvalue weighted by Gasteiger charge is 2.43. The van der Waals surface area contributed by atoms with E-state index in [2.05, 4.69) is 69.9 Å². The summed E-state index contributed by atoms with van der Waals surface area (Å²) in [6, 6.07) is 21.7. The maximum Gasteiger partial charge on any atom is 0.227 e. The average Bonchev–Trinajstić information content (AvgIpc) is 3.70. The van der Waals surface area contributed by atoms with Crippen molar-refractivity contribution >= 4 is 39.3 Å². The normalized spacial score (nSPS) is 18.8. The van der Waals surface area contributed by atoms with Gasteiger partial charge in [0.05, 0.1) is 5.70 Å². The lowest BCUT2D eigenvalue weighted by atomic mass is 10.0. The summed E-state index contributed by atoms with van der Waals surface area (Å²) >= 11 is 0. The molecule has 0 bridgehead atoms. The van der Waals surface area contributed by atoms with Crippen LogP contribution in [-0.4, -0.2) is 77.9 Å². The molecule has 0 N–H and O–H groups in total. The molecule has 1 aliphatic carbocycles. The Morgan fingerprint density at radius 2 is 1.18 bits per heavy atom. The molecule has 170 valence electrons. The fourth-order valence-corrected chi connectivity index (χ4v) is 6.94. The Hall–Kier alpha value is -2.48. The highest BCUT2D eigenvalue weighted by atomic mass is 31.1. The van der Waals surface area contributed by atoms with Gasteiger partial charge in [0.25, 0.3) is 0 Å². The monoisotopic (exact) mass is 477 g/mol. The number of Topliss-reactive ketones (excluding diaryl/α,β-unsaturated/α-hetero) is 1. The van der Waals surface area contributed by atoms with E-state index in [0.717, 1.165) is 45.4 Å². The zero-order chi connectivity index (χ0) is 22.8. The number of benzene rings is 2. The number of allylic oxidation sites excluding steroid dienone is 1. The predicted octanol–water partition coefficient (Wildman–Crippen LogP) is 2.17. The fourth-order valence-electron chi connectivity index (χ4n) is 4.03. The van der Waals surface area contributed by atoms with E-state index >= 15 is 0 Å². The predicted molar refractivity (Wildman–Crippen MR) is 138 cm³/mol. The van der Waals surface area contributed by atoms with Gasteiger partial charge >= 0.3 is 0 Å². The van der Waals surface area contributed by atoms with Gasteiger partial charge in [0, 0.05) is 45.3 Å². The number of ketones is 2. The smallest absolute Gasteiger partial charge is 0.227 e. The molecule has 2 aromatic rings. The summed E-state index contributed by atoms with van der Waals surface area (Å²) in [5.41, 5.74) is 1.89. The molecule has 5 nitrogen and oxygen atoms in total. The van der Waals surface area contributed by atoms with Crippen molar-refractivity contribution in [2.45, 2.75) is 0 Å². The van der Waals surface area contributed by atoms with Crippen molar-refractivity contribution in [3.05, 3.63) is 83.8 Å². The number of hydrogen-bond donors (Lipinski definition) is 0. The molecule has 1 unspecified atom stereocenters. The topological polar surface area (TPSA) is 43.2 Å². The van der Waals surface area contributed by atoms with E-state index in [1.807, 2.05) is 14.7 Å². The van der Waals surface area contributed by atoms with Gasteiger partial charge in [-0.1, -0.05) is 60.7 Å². The lowest BCUT2D eigenvalue weighted by Gasteiger charge is -2.21. The van der Waals surface area contributed by atoms with Crippen LogP contribution in [0.15, 0.2) is 83.8 Å². The first kappa shape index (κ1) is 22.3. The molecule has 7 heteroatoms. The van der Waals surface area contributed by atoms with Crippen LogP contribution in [0, 0.1) is 0 Å². The number of rotatable bonds is 7. The molecule has 3 aliphatic heterocycles. The van der Waals surface area contributed by atoms with Crippen molar-refractivity contribution in [2.24, 2.45) is 0 Å². The average molecular weight is 477 g/mol. The van der Waals surface area contributed by atoms with Crippen LogP contribution in [0.3, 0.4) is 0 Å². The van der Waals surface area contributed by atoms with Crippen LogP contribution in [0.2, 0.25) is 0 Å². The number of nitrogens with zero attached hydrogens (tertiary/aromatic N) is 3. The van der Waals surface area contributed by atoms with Crippen LogP contribution in [0.4, 0.5) is 0 Å². The number of hydrogen-bond acceptors (Lipinski definition) is 5. The largest absolute Gasteiger partial charge is 0.365 e. The van der Waals surface area contributed by atoms with Gasteiger partial charge in [-0.3, -0.25) is 9.59 Å². The quantitative estimate of drug-likeness (QED) is 0.348. The molecule has 2 aromatic carbocycles. The fraction of sp³-hybridized carbons (Fsp3) is 0.308. The molecular formula is C26H29N3O2P2. The molecule has 33 heavy (non-hydrogen) atoms. The van der Waals surface area contributed by atoms with Gasteiger partial charge in [0.15, 0.2) is 0 Å². The van der Waals surface area contributed by atoms with Crippen LogP contribution in [0.5, 0.6) is 0 Å². The van der Waals surface area contributed by atoms with Crippen molar-refractivity contribution < 1.29 is 9.59 Å². The summed E-state index contributed by atoms with van der Waals surface area (Å²) in [5.74, 6) is 0.0485. The van der Waals surface area contributed by atoms with Crippen LogP contribution in [-0.2, 0) is 9.59 Å². The van der Waals surface area contributed by atoms with Crippen molar-refractivity contribution in [1.82, 2.24) is 14.7 Å². The van der Waals surface area contributed by atoms with Gasteiger partial charge < -0.3 is 14.7 Å². The third kappa shape index (κ3) is 5.21. The molecule has 0 radical (unpaired) electrons. The van der Waals surface area contributed by atoms with Gasteiger partial charge in [-0.05, 0) is 30.9 Å². The lowest BCUT2D eigenvalue weighted by molar-refractivity contribution is -0.117. The summed E-state index contributed by atoms with van der Waals surface area (Å²) in [6.07, 6.45) is 3.93. The van der Waals surface area contributed by atoms with Crippen LogP contribution in [0.1, 0.15) is 0 Å². The van der Waals surface area contributed by atoms with E-state index in [1.165, 1.54) is 22.8 Å². The molecular weight excluding hydrogens is 448 g/mol. The van der Waals surface area contributed by atoms with E-state index in [9.17, 15) is 9.59 Å². The molecule has 4 aliphatic rings. The van der Waals surface area contributed by atoms with E-state index < -0.39 is 0 Å². The molecule has 0 amide bonds. The SMILES string of the molecule is O=C1C=C(N2CC2)C(=O)C(N2CC2)=C1N1CC1.PCCP(c1ccccc1)c1ccccc1. The molecule has 3 fully saturated rings. The zero-order valence-electron chi connectivity index (χ0n) is 18.7. The number of carbonyl (C=O) groups excluding carboxylic acids is 2. The van der Waals surface area contributed by atoms with Crippen LogP contribution < -0.4 is 10.6 Å². The second kappa shape index (κ2) is 9.79. The van der Waals surface area contributed by atoms with Crippen molar-refractivity contribution in [3.8, 4) is 0 Å². The van der Waals surface area contributed by atoms with E-state index in [1.54, 1.807) is 0 Å². The van der Waals surface area contributed by atoms with Gasteiger partial charge in [0.1, 0.15) is 11.4 Å². The van der Waals surface area contributed by atoms with Crippen molar-refractivity contribution in [3.63, 3.8) is 0 Å². The van der Waals surface area contributed by atoms with Crippen LogP contribution >= 0.6 is 17.2 Å². The Balaban J connectivity index is 0.000000139. The summed E-state index contributed by atoms with van der Waals surface area (Å²) in [4.78, 5) is 30.5. The molecule has 6 rings (SSSR count). The third-order valence-corrected chi connectivity index (χ3v) is 9.30. The van der Waals surface area contributed by atoms with Gasteiger partial charge in [-0.15, -0.1) is 9.24 Å². The molecule has 3 heterocycles. The highest BCUT2D eigenvalue weighted by Crippen LogP contribution is 2.34. The Bertz CT molecular complexity index is 1050. The maximum atomic E-state index is 12.4. The first-order valence-electron chi connectivity index (χ1n) is 11.5. The minimum Gasteiger partial charge on any atom is -0.365 e. The first-order chi connectivity index (χ1) is 16.2. The van der Waals surface area contributed by atoms with E-state index in [4.69, 9.17) is 0 Å². The maximum absolute atomic E-state index is 12.4. The molecule has 1 atom stereocenters. The molecule has 0 aromatic heterocycles. The number of carbonyl (C=O) groups is 2. The zero-order valence-corrected chi connectivity index (χ0v) is 20.7. The van der Waals surface area contributed by atoms with Crippen LogP contribution in [0.25, 0.3) is 0 Å². The summed E-state index contributed by atoms with van der Waals surface area (Å²) < 4.78 is 0. The second-order valence-corrected chi connectivity index (χ2v) is 11.4. The summed E-state index contributed by atoms with van der Waals surface area (Å²) in [6.45, 7) is 5.41.